The van der Waals surface area contributed by atoms with E-state index in [0.29, 0.717) is 11.8 Å². The number of para-hydroxylation sites is 1. The lowest BCUT2D eigenvalue weighted by Crippen LogP contribution is -1.96. The Hall–Kier alpha value is -1.66. The number of benzene rings is 2. The summed E-state index contributed by atoms with van der Waals surface area (Å²) in [4.78, 5) is 0. The van der Waals surface area contributed by atoms with Crippen molar-refractivity contribution in [2.45, 2.75) is 6.61 Å². The van der Waals surface area contributed by atoms with Crippen molar-refractivity contribution in [3.05, 3.63) is 63.4 Å². The number of ether oxygens (including phenoxy) is 1. The molecular formula is C15H10Br2N2O2. The second-order valence-electron chi connectivity index (χ2n) is 4.23. The van der Waals surface area contributed by atoms with Gasteiger partial charge >= 0.3 is 0 Å². The Morgan fingerprint density at radius 3 is 2.48 bits per heavy atom. The van der Waals surface area contributed by atoms with Crippen molar-refractivity contribution in [2.75, 3.05) is 0 Å². The van der Waals surface area contributed by atoms with Gasteiger partial charge in [0.05, 0.1) is 4.47 Å². The van der Waals surface area contributed by atoms with Crippen molar-refractivity contribution >= 4 is 31.9 Å². The van der Waals surface area contributed by atoms with Crippen molar-refractivity contribution < 1.29 is 9.15 Å². The molecule has 0 aliphatic carbocycles. The van der Waals surface area contributed by atoms with Crippen molar-refractivity contribution in [3.63, 3.8) is 0 Å². The third-order valence-electron chi connectivity index (χ3n) is 2.75. The smallest absolute Gasteiger partial charge is 0.254 e. The monoisotopic (exact) mass is 408 g/mol. The van der Waals surface area contributed by atoms with Crippen LogP contribution in [-0.2, 0) is 6.61 Å². The zero-order valence-electron chi connectivity index (χ0n) is 10.8. The highest BCUT2D eigenvalue weighted by molar-refractivity contribution is 9.10. The number of hydrogen-bond acceptors (Lipinski definition) is 4. The summed E-state index contributed by atoms with van der Waals surface area (Å²) in [5.74, 6) is 1.65. The molecule has 4 nitrogen and oxygen atoms in total. The maximum absolute atomic E-state index is 5.64. The standard InChI is InChI=1S/C15H10Br2N2O2/c16-11-7-5-10(6-8-11)15-19-18-14(21-15)9-20-13-4-2-1-3-12(13)17/h1-8H,9H2. The molecule has 0 unspecified atom stereocenters. The van der Waals surface area contributed by atoms with Crippen LogP contribution in [0.15, 0.2) is 61.9 Å². The lowest BCUT2D eigenvalue weighted by atomic mass is 10.2. The third-order valence-corrected chi connectivity index (χ3v) is 3.93. The molecule has 0 fully saturated rings. The zero-order valence-corrected chi connectivity index (χ0v) is 14.0. The minimum Gasteiger partial charge on any atom is -0.483 e. The van der Waals surface area contributed by atoms with E-state index >= 15 is 0 Å². The van der Waals surface area contributed by atoms with Crippen LogP contribution >= 0.6 is 31.9 Å². The van der Waals surface area contributed by atoms with Crippen LogP contribution in [0.25, 0.3) is 11.5 Å². The van der Waals surface area contributed by atoms with E-state index in [1.165, 1.54) is 0 Å². The average Bonchev–Trinajstić information content (AvgIpc) is 2.96. The van der Waals surface area contributed by atoms with Gasteiger partial charge in [0.15, 0.2) is 6.61 Å². The fourth-order valence-electron chi connectivity index (χ4n) is 1.72. The number of hydrogen-bond donors (Lipinski definition) is 0. The molecule has 21 heavy (non-hydrogen) atoms. The lowest BCUT2D eigenvalue weighted by molar-refractivity contribution is 0.263. The van der Waals surface area contributed by atoms with Gasteiger partial charge in [-0.2, -0.15) is 0 Å². The highest BCUT2D eigenvalue weighted by atomic mass is 79.9. The summed E-state index contributed by atoms with van der Waals surface area (Å²) < 4.78 is 13.1. The van der Waals surface area contributed by atoms with Gasteiger partial charge in [-0.1, -0.05) is 28.1 Å². The summed E-state index contributed by atoms with van der Waals surface area (Å²) in [6.45, 7) is 0.228. The molecule has 0 saturated heterocycles. The first-order valence-corrected chi connectivity index (χ1v) is 7.76. The molecule has 0 aliphatic rings. The quantitative estimate of drug-likeness (QED) is 0.618. The predicted octanol–water partition coefficient (Wildman–Crippen LogP) is 4.84. The first-order valence-electron chi connectivity index (χ1n) is 6.18. The third kappa shape index (κ3) is 3.51. The van der Waals surface area contributed by atoms with Crippen LogP contribution in [0.5, 0.6) is 5.75 Å². The van der Waals surface area contributed by atoms with E-state index in [0.717, 1.165) is 20.3 Å². The van der Waals surface area contributed by atoms with Crippen molar-refractivity contribution in [2.24, 2.45) is 0 Å². The van der Waals surface area contributed by atoms with E-state index in [9.17, 15) is 0 Å². The van der Waals surface area contributed by atoms with Crippen LogP contribution in [0, 0.1) is 0 Å². The van der Waals surface area contributed by atoms with Crippen molar-refractivity contribution in [1.29, 1.82) is 0 Å². The first-order chi connectivity index (χ1) is 10.2. The topological polar surface area (TPSA) is 48.2 Å². The van der Waals surface area contributed by atoms with E-state index < -0.39 is 0 Å². The molecule has 0 spiro atoms. The molecule has 3 aromatic rings. The van der Waals surface area contributed by atoms with Crippen molar-refractivity contribution in [3.8, 4) is 17.2 Å². The van der Waals surface area contributed by atoms with Crippen LogP contribution in [0.3, 0.4) is 0 Å². The minimum absolute atomic E-state index is 0.228. The highest BCUT2D eigenvalue weighted by Gasteiger charge is 2.09. The number of nitrogens with zero attached hydrogens (tertiary/aromatic N) is 2. The predicted molar refractivity (Wildman–Crippen MR) is 85.9 cm³/mol. The largest absolute Gasteiger partial charge is 0.483 e. The minimum atomic E-state index is 0.228. The van der Waals surface area contributed by atoms with E-state index in [4.69, 9.17) is 9.15 Å². The Bertz CT molecular complexity index is 741. The fourth-order valence-corrected chi connectivity index (χ4v) is 2.39. The fraction of sp³-hybridized carbons (Fsp3) is 0.0667. The summed E-state index contributed by atoms with van der Waals surface area (Å²) in [5, 5.41) is 8.02. The first kappa shape index (κ1) is 14.3. The van der Waals surface area contributed by atoms with Gasteiger partial charge in [-0.05, 0) is 52.3 Å². The van der Waals surface area contributed by atoms with Gasteiger partial charge in [0.2, 0.25) is 5.89 Å². The molecular weight excluding hydrogens is 400 g/mol. The molecule has 3 rings (SSSR count). The van der Waals surface area contributed by atoms with Crippen LogP contribution in [0.2, 0.25) is 0 Å². The van der Waals surface area contributed by atoms with E-state index in [1.54, 1.807) is 0 Å². The molecule has 2 aromatic carbocycles. The second kappa shape index (κ2) is 6.41. The Labute approximate surface area is 138 Å². The van der Waals surface area contributed by atoms with Gasteiger partial charge in [0.25, 0.3) is 5.89 Å². The molecule has 1 heterocycles. The summed E-state index contributed by atoms with van der Waals surface area (Å²) in [5.41, 5.74) is 0.873. The maximum atomic E-state index is 5.64. The molecule has 0 bridgehead atoms. The number of halogens is 2. The number of aromatic nitrogens is 2. The van der Waals surface area contributed by atoms with Gasteiger partial charge in [0, 0.05) is 10.0 Å². The van der Waals surface area contributed by atoms with Crippen LogP contribution in [0.4, 0.5) is 0 Å². The SMILES string of the molecule is Brc1ccc(-c2nnc(COc3ccccc3Br)o2)cc1. The Kier molecular flexibility index (Phi) is 4.36. The molecule has 1 aromatic heterocycles. The molecule has 0 saturated carbocycles. The highest BCUT2D eigenvalue weighted by Crippen LogP contribution is 2.25. The molecule has 0 atom stereocenters. The Morgan fingerprint density at radius 2 is 1.71 bits per heavy atom. The van der Waals surface area contributed by atoms with Gasteiger partial charge in [-0.3, -0.25) is 0 Å². The molecule has 0 radical (unpaired) electrons. The van der Waals surface area contributed by atoms with Crippen LogP contribution in [0.1, 0.15) is 5.89 Å². The van der Waals surface area contributed by atoms with Gasteiger partial charge in [-0.25, -0.2) is 0 Å². The lowest BCUT2D eigenvalue weighted by Gasteiger charge is -2.04. The van der Waals surface area contributed by atoms with E-state index in [2.05, 4.69) is 42.1 Å². The zero-order chi connectivity index (χ0) is 14.7. The number of rotatable bonds is 4. The van der Waals surface area contributed by atoms with E-state index in [1.807, 2.05) is 48.5 Å². The molecule has 0 aliphatic heterocycles. The van der Waals surface area contributed by atoms with Crippen LogP contribution < -0.4 is 4.74 Å². The Balaban J connectivity index is 1.71. The molecule has 0 N–H and O–H groups in total. The normalized spacial score (nSPS) is 10.6. The summed E-state index contributed by atoms with van der Waals surface area (Å²) in [6.07, 6.45) is 0. The summed E-state index contributed by atoms with van der Waals surface area (Å²) in [6, 6.07) is 15.3. The second-order valence-corrected chi connectivity index (χ2v) is 6.00. The Morgan fingerprint density at radius 1 is 0.952 bits per heavy atom. The van der Waals surface area contributed by atoms with Gasteiger partial charge in [0.1, 0.15) is 5.75 Å². The molecule has 106 valence electrons. The average molecular weight is 410 g/mol. The van der Waals surface area contributed by atoms with Gasteiger partial charge < -0.3 is 9.15 Å². The summed E-state index contributed by atoms with van der Waals surface area (Å²) >= 11 is 6.81. The van der Waals surface area contributed by atoms with E-state index in [-0.39, 0.29) is 6.61 Å². The van der Waals surface area contributed by atoms with Crippen molar-refractivity contribution in [1.82, 2.24) is 10.2 Å². The maximum Gasteiger partial charge on any atom is 0.254 e. The molecule has 6 heteroatoms. The molecule has 0 amide bonds. The van der Waals surface area contributed by atoms with Gasteiger partial charge in [-0.15, -0.1) is 10.2 Å². The summed E-state index contributed by atoms with van der Waals surface area (Å²) in [7, 11) is 0. The van der Waals surface area contributed by atoms with Crippen LogP contribution in [-0.4, -0.2) is 10.2 Å².